The van der Waals surface area contributed by atoms with Crippen LogP contribution < -0.4 is 5.73 Å². The Morgan fingerprint density at radius 2 is 1.96 bits per heavy atom. The van der Waals surface area contributed by atoms with E-state index in [4.69, 9.17) is 5.73 Å². The number of amides is 1. The lowest BCUT2D eigenvalue weighted by Crippen LogP contribution is -2.51. The van der Waals surface area contributed by atoms with Crippen LogP contribution in [0.3, 0.4) is 0 Å². The first-order valence-corrected chi connectivity index (χ1v) is 8.67. The molecule has 0 aliphatic carbocycles. The molecule has 0 unspecified atom stereocenters. The normalized spacial score (nSPS) is 23.7. The molecule has 7 heteroatoms. The first kappa shape index (κ1) is 16.3. The number of carbonyl (C=O) groups excluding carboxylic acids is 1. The molecule has 0 saturated carbocycles. The molecule has 3 rings (SSSR count). The van der Waals surface area contributed by atoms with Crippen LogP contribution in [0.15, 0.2) is 29.3 Å². The minimum atomic E-state index is -0.505. The van der Waals surface area contributed by atoms with Crippen molar-refractivity contribution in [2.75, 3.05) is 32.7 Å². The Morgan fingerprint density at radius 3 is 2.48 bits per heavy atom. The van der Waals surface area contributed by atoms with E-state index < -0.39 is 11.9 Å². The Kier molecular flexibility index (Phi) is 4.87. The van der Waals surface area contributed by atoms with Crippen molar-refractivity contribution in [3.63, 3.8) is 0 Å². The number of hydrogen-bond acceptors (Lipinski definition) is 5. The van der Waals surface area contributed by atoms with Gasteiger partial charge >= 0.3 is 0 Å². The quantitative estimate of drug-likeness (QED) is 0.908. The fourth-order valence-electron chi connectivity index (χ4n) is 3.01. The summed E-state index contributed by atoms with van der Waals surface area (Å²) in [7, 11) is 0. The Balaban J connectivity index is 1.66. The van der Waals surface area contributed by atoms with Crippen molar-refractivity contribution in [3.8, 4) is 0 Å². The summed E-state index contributed by atoms with van der Waals surface area (Å²) in [5.41, 5.74) is 6.34. The van der Waals surface area contributed by atoms with Gasteiger partial charge in [0.25, 0.3) is 0 Å². The molecule has 2 heterocycles. The molecule has 1 fully saturated rings. The smallest absolute Gasteiger partial charge is 0.239 e. The van der Waals surface area contributed by atoms with Crippen molar-refractivity contribution < 1.29 is 9.18 Å². The molecule has 0 aromatic heterocycles. The first-order chi connectivity index (χ1) is 11.0. The minimum Gasteiger partial charge on any atom is -0.368 e. The van der Waals surface area contributed by atoms with E-state index in [1.807, 2.05) is 11.8 Å². The van der Waals surface area contributed by atoms with Gasteiger partial charge in [-0.3, -0.25) is 14.7 Å². The van der Waals surface area contributed by atoms with Crippen molar-refractivity contribution in [1.82, 2.24) is 9.80 Å². The predicted molar refractivity (Wildman–Crippen MR) is 90.8 cm³/mol. The van der Waals surface area contributed by atoms with Crippen molar-refractivity contribution in [1.29, 1.82) is 0 Å². The number of carbonyl (C=O) groups is 1. The second-order valence-corrected chi connectivity index (χ2v) is 7.34. The second-order valence-electron chi connectivity index (χ2n) is 5.93. The van der Waals surface area contributed by atoms with Crippen LogP contribution in [-0.2, 0) is 4.79 Å². The zero-order valence-electron chi connectivity index (χ0n) is 13.1. The van der Waals surface area contributed by atoms with Gasteiger partial charge in [0.05, 0.1) is 6.54 Å². The fraction of sp³-hybridized carbons (Fsp3) is 0.500. The third kappa shape index (κ3) is 3.67. The van der Waals surface area contributed by atoms with Crippen molar-refractivity contribution in [2.24, 2.45) is 10.7 Å². The number of amidine groups is 1. The molecule has 1 saturated heterocycles. The van der Waals surface area contributed by atoms with E-state index in [1.54, 1.807) is 12.1 Å². The molecule has 1 amide bonds. The van der Waals surface area contributed by atoms with E-state index in [1.165, 1.54) is 12.1 Å². The maximum Gasteiger partial charge on any atom is 0.239 e. The summed E-state index contributed by atoms with van der Waals surface area (Å²) in [5.74, 6) is -0.710. The number of hydrogen-bond donors (Lipinski definition) is 1. The van der Waals surface area contributed by atoms with Gasteiger partial charge in [0, 0.05) is 31.4 Å². The average molecular weight is 336 g/mol. The molecule has 5 nitrogen and oxygen atoms in total. The van der Waals surface area contributed by atoms with Crippen LogP contribution in [0.25, 0.3) is 0 Å². The van der Waals surface area contributed by atoms with Gasteiger partial charge in [-0.15, -0.1) is 0 Å². The van der Waals surface area contributed by atoms with Crippen LogP contribution in [0.2, 0.25) is 0 Å². The van der Waals surface area contributed by atoms with Gasteiger partial charge in [-0.25, -0.2) is 4.39 Å². The molecule has 124 valence electrons. The Labute approximate surface area is 139 Å². The summed E-state index contributed by atoms with van der Waals surface area (Å²) in [6, 6.07) is 5.50. The van der Waals surface area contributed by atoms with Crippen LogP contribution in [0.4, 0.5) is 4.39 Å². The summed E-state index contributed by atoms with van der Waals surface area (Å²) in [6.45, 7) is 6.17. The van der Waals surface area contributed by atoms with Gasteiger partial charge in [-0.05, 0) is 17.7 Å². The van der Waals surface area contributed by atoms with Gasteiger partial charge in [0.2, 0.25) is 5.91 Å². The molecule has 2 N–H and O–H groups in total. The Morgan fingerprint density at radius 1 is 1.30 bits per heavy atom. The van der Waals surface area contributed by atoms with E-state index >= 15 is 0 Å². The van der Waals surface area contributed by atoms with Crippen molar-refractivity contribution in [2.45, 2.75) is 18.2 Å². The summed E-state index contributed by atoms with van der Waals surface area (Å²) in [5, 5.41) is 1.65. The molecule has 2 atom stereocenters. The van der Waals surface area contributed by atoms with E-state index in [9.17, 15) is 9.18 Å². The zero-order valence-corrected chi connectivity index (χ0v) is 13.9. The number of nitrogens with two attached hydrogens (primary N) is 1. The van der Waals surface area contributed by atoms with Crippen LogP contribution in [0.5, 0.6) is 0 Å². The number of aliphatic imine (C=N–C) groups is 1. The zero-order chi connectivity index (χ0) is 16.4. The van der Waals surface area contributed by atoms with E-state index in [2.05, 4.69) is 21.7 Å². The van der Waals surface area contributed by atoms with Crippen LogP contribution >= 0.6 is 11.8 Å². The summed E-state index contributed by atoms with van der Waals surface area (Å²) in [6.07, 6.45) is 0. The maximum atomic E-state index is 13.1. The van der Waals surface area contributed by atoms with Crippen LogP contribution in [0.1, 0.15) is 18.5 Å². The number of nitrogens with zero attached hydrogens (tertiary/aromatic N) is 3. The highest BCUT2D eigenvalue weighted by Crippen LogP contribution is 2.26. The second kappa shape index (κ2) is 6.88. The van der Waals surface area contributed by atoms with Gasteiger partial charge in [0.15, 0.2) is 5.17 Å². The van der Waals surface area contributed by atoms with E-state index in [0.717, 1.165) is 43.5 Å². The van der Waals surface area contributed by atoms with Gasteiger partial charge in [-0.1, -0.05) is 30.8 Å². The third-order valence-electron chi connectivity index (χ3n) is 4.20. The summed E-state index contributed by atoms with van der Waals surface area (Å²) >= 11 is 1.81. The van der Waals surface area contributed by atoms with Gasteiger partial charge in [-0.2, -0.15) is 0 Å². The number of benzene rings is 1. The molecule has 1 aromatic carbocycles. The highest BCUT2D eigenvalue weighted by atomic mass is 32.2. The molecule has 1 aromatic rings. The standard InChI is InChI=1S/C16H21FN4OS/c1-11-10-19-16(23-11)21-8-6-20(7-9-21)14(15(18)22)12-2-4-13(17)5-3-12/h2-5,11,14H,6-10H2,1H3,(H2,18,22)/t11-,14-/m1/s1. The molecule has 0 radical (unpaired) electrons. The average Bonchev–Trinajstić information content (AvgIpc) is 2.96. The number of primary amides is 1. The largest absolute Gasteiger partial charge is 0.368 e. The monoisotopic (exact) mass is 336 g/mol. The lowest BCUT2D eigenvalue weighted by molar-refractivity contribution is -0.124. The molecule has 23 heavy (non-hydrogen) atoms. The highest BCUT2D eigenvalue weighted by molar-refractivity contribution is 8.14. The molecule has 0 bridgehead atoms. The fourth-order valence-corrected chi connectivity index (χ4v) is 4.00. The maximum absolute atomic E-state index is 13.1. The lowest BCUT2D eigenvalue weighted by atomic mass is 10.0. The third-order valence-corrected chi connectivity index (χ3v) is 5.34. The molecular formula is C16H21FN4OS. The van der Waals surface area contributed by atoms with E-state index in [-0.39, 0.29) is 5.82 Å². The highest BCUT2D eigenvalue weighted by Gasteiger charge is 2.31. The summed E-state index contributed by atoms with van der Waals surface area (Å²) < 4.78 is 13.1. The van der Waals surface area contributed by atoms with E-state index in [0.29, 0.717) is 5.25 Å². The van der Waals surface area contributed by atoms with Crippen LogP contribution in [0, 0.1) is 5.82 Å². The first-order valence-electron chi connectivity index (χ1n) is 7.79. The lowest BCUT2D eigenvalue weighted by Gasteiger charge is -2.38. The van der Waals surface area contributed by atoms with Crippen LogP contribution in [-0.4, -0.2) is 58.8 Å². The molecule has 2 aliphatic rings. The van der Waals surface area contributed by atoms with Gasteiger partial charge in [0.1, 0.15) is 11.9 Å². The Bertz CT molecular complexity index is 599. The molecule has 0 spiro atoms. The number of rotatable bonds is 3. The minimum absolute atomic E-state index is 0.313. The number of thioether (sulfide) groups is 1. The van der Waals surface area contributed by atoms with Gasteiger partial charge < -0.3 is 10.6 Å². The van der Waals surface area contributed by atoms with Crippen molar-refractivity contribution in [3.05, 3.63) is 35.6 Å². The predicted octanol–water partition coefficient (Wildman–Crippen LogP) is 1.46. The molecular weight excluding hydrogens is 315 g/mol. The Hall–Kier alpha value is -1.60. The van der Waals surface area contributed by atoms with Crippen molar-refractivity contribution >= 4 is 22.8 Å². The molecule has 2 aliphatic heterocycles. The summed E-state index contributed by atoms with van der Waals surface area (Å²) in [4.78, 5) is 20.8. The number of halogens is 1. The topological polar surface area (TPSA) is 61.9 Å². The number of piperazine rings is 1. The SMILES string of the molecule is C[C@@H]1CN=C(N2CCN([C@@H](C(N)=O)c3ccc(F)cc3)CC2)S1.